The Morgan fingerprint density at radius 3 is 2.80 bits per heavy atom. The van der Waals surface area contributed by atoms with Gasteiger partial charge in [-0.2, -0.15) is 0 Å². The highest BCUT2D eigenvalue weighted by molar-refractivity contribution is 6.08. The summed E-state index contributed by atoms with van der Waals surface area (Å²) in [7, 11) is 0. The van der Waals surface area contributed by atoms with Crippen LogP contribution in [-0.4, -0.2) is 21.2 Å². The van der Waals surface area contributed by atoms with E-state index >= 15 is 0 Å². The first-order valence-electron chi connectivity index (χ1n) is 4.20. The number of carbonyl (C=O) groups is 1. The van der Waals surface area contributed by atoms with E-state index in [-0.39, 0.29) is 22.5 Å². The second-order valence-electron chi connectivity index (χ2n) is 3.07. The number of aromatic hydroxyl groups is 1. The van der Waals surface area contributed by atoms with Crippen molar-refractivity contribution in [3.63, 3.8) is 0 Å². The molecule has 1 aromatic heterocycles. The summed E-state index contributed by atoms with van der Waals surface area (Å²) >= 11 is 0. The molecule has 4 N–H and O–H groups in total. The van der Waals surface area contributed by atoms with Gasteiger partial charge in [-0.05, 0) is 6.07 Å². The highest BCUT2D eigenvalue weighted by Gasteiger charge is 2.14. The molecule has 0 bridgehead atoms. The van der Waals surface area contributed by atoms with Crippen molar-refractivity contribution in [2.24, 2.45) is 0 Å². The number of carboxylic acids is 1. The third-order valence-electron chi connectivity index (χ3n) is 2.12. The standard InChI is InChI=1S/C10H8N2O3/c11-6-4-12-9-5(8(6)10(14)15)2-1-3-7(9)13/h1-4,13H,11H2,(H,14,15). The molecule has 2 aromatic rings. The van der Waals surface area contributed by atoms with Crippen LogP contribution in [0, 0.1) is 0 Å². The zero-order valence-corrected chi connectivity index (χ0v) is 7.64. The van der Waals surface area contributed by atoms with E-state index in [2.05, 4.69) is 4.98 Å². The van der Waals surface area contributed by atoms with Gasteiger partial charge >= 0.3 is 5.97 Å². The van der Waals surface area contributed by atoms with Gasteiger partial charge in [-0.15, -0.1) is 0 Å². The van der Waals surface area contributed by atoms with Gasteiger partial charge in [-0.1, -0.05) is 12.1 Å². The molecule has 5 heteroatoms. The van der Waals surface area contributed by atoms with E-state index in [9.17, 15) is 9.90 Å². The molecule has 2 rings (SSSR count). The van der Waals surface area contributed by atoms with Crippen LogP contribution in [0.2, 0.25) is 0 Å². The summed E-state index contributed by atoms with van der Waals surface area (Å²) in [6, 6.07) is 4.55. The van der Waals surface area contributed by atoms with Crippen molar-refractivity contribution in [1.29, 1.82) is 0 Å². The van der Waals surface area contributed by atoms with Crippen LogP contribution in [0.4, 0.5) is 5.69 Å². The number of rotatable bonds is 1. The van der Waals surface area contributed by atoms with Crippen LogP contribution >= 0.6 is 0 Å². The number of pyridine rings is 1. The molecular formula is C10H8N2O3. The first kappa shape index (κ1) is 9.26. The summed E-state index contributed by atoms with van der Waals surface area (Å²) in [6.07, 6.45) is 1.23. The predicted molar refractivity (Wildman–Crippen MR) is 54.8 cm³/mol. The third-order valence-corrected chi connectivity index (χ3v) is 2.12. The number of phenolic OH excluding ortho intramolecular Hbond substituents is 1. The van der Waals surface area contributed by atoms with Crippen LogP contribution in [-0.2, 0) is 0 Å². The number of phenols is 1. The van der Waals surface area contributed by atoms with E-state index in [4.69, 9.17) is 10.8 Å². The molecular weight excluding hydrogens is 196 g/mol. The normalized spacial score (nSPS) is 10.4. The summed E-state index contributed by atoms with van der Waals surface area (Å²) in [5, 5.41) is 18.8. The predicted octanol–water partition coefficient (Wildman–Crippen LogP) is 1.22. The first-order chi connectivity index (χ1) is 7.11. The minimum Gasteiger partial charge on any atom is -0.506 e. The van der Waals surface area contributed by atoms with E-state index in [0.29, 0.717) is 5.39 Å². The van der Waals surface area contributed by atoms with Crippen molar-refractivity contribution >= 4 is 22.6 Å². The molecule has 0 aliphatic rings. The Morgan fingerprint density at radius 1 is 1.40 bits per heavy atom. The van der Waals surface area contributed by atoms with E-state index in [1.807, 2.05) is 0 Å². The Balaban J connectivity index is 2.94. The third kappa shape index (κ3) is 1.34. The fourth-order valence-corrected chi connectivity index (χ4v) is 1.46. The summed E-state index contributed by atoms with van der Waals surface area (Å²) in [5.41, 5.74) is 5.80. The Labute approximate surface area is 84.8 Å². The highest BCUT2D eigenvalue weighted by atomic mass is 16.4. The molecule has 1 heterocycles. The molecule has 0 saturated heterocycles. The summed E-state index contributed by atoms with van der Waals surface area (Å²) in [5.74, 6) is -1.19. The van der Waals surface area contributed by atoms with Crippen LogP contribution in [0.1, 0.15) is 10.4 Å². The minimum absolute atomic E-state index is 0.0316. The molecule has 15 heavy (non-hydrogen) atoms. The molecule has 0 aliphatic carbocycles. The number of aromatic nitrogens is 1. The van der Waals surface area contributed by atoms with Crippen molar-refractivity contribution in [3.8, 4) is 5.75 Å². The van der Waals surface area contributed by atoms with Gasteiger partial charge in [-0.25, -0.2) is 4.79 Å². The number of fused-ring (bicyclic) bond motifs is 1. The number of hydrogen-bond donors (Lipinski definition) is 3. The minimum atomic E-state index is -1.13. The van der Waals surface area contributed by atoms with Gasteiger partial charge in [0.2, 0.25) is 0 Å². The number of hydrogen-bond acceptors (Lipinski definition) is 4. The summed E-state index contributed by atoms with van der Waals surface area (Å²) < 4.78 is 0. The van der Waals surface area contributed by atoms with Gasteiger partial charge in [0.05, 0.1) is 17.4 Å². The zero-order valence-electron chi connectivity index (χ0n) is 7.64. The molecule has 0 spiro atoms. The maximum absolute atomic E-state index is 11.0. The molecule has 76 valence electrons. The number of benzene rings is 1. The number of aromatic carboxylic acids is 1. The molecule has 0 amide bonds. The fraction of sp³-hybridized carbons (Fsp3) is 0. The second kappa shape index (κ2) is 3.13. The monoisotopic (exact) mass is 204 g/mol. The molecule has 0 unspecified atom stereocenters. The van der Waals surface area contributed by atoms with Crippen molar-refractivity contribution in [2.45, 2.75) is 0 Å². The van der Waals surface area contributed by atoms with Crippen molar-refractivity contribution in [3.05, 3.63) is 30.0 Å². The largest absolute Gasteiger partial charge is 0.506 e. The molecule has 0 saturated carbocycles. The zero-order chi connectivity index (χ0) is 11.0. The van der Waals surface area contributed by atoms with E-state index in [1.165, 1.54) is 12.3 Å². The number of nitrogens with zero attached hydrogens (tertiary/aromatic N) is 1. The highest BCUT2D eigenvalue weighted by Crippen LogP contribution is 2.27. The van der Waals surface area contributed by atoms with Gasteiger partial charge in [0, 0.05) is 5.39 Å². The van der Waals surface area contributed by atoms with Gasteiger partial charge in [0.15, 0.2) is 0 Å². The maximum Gasteiger partial charge on any atom is 0.338 e. The van der Waals surface area contributed by atoms with E-state index in [0.717, 1.165) is 0 Å². The van der Waals surface area contributed by atoms with Gasteiger partial charge in [0.25, 0.3) is 0 Å². The number of para-hydroxylation sites is 1. The molecule has 0 atom stereocenters. The fourth-order valence-electron chi connectivity index (χ4n) is 1.46. The van der Waals surface area contributed by atoms with E-state index < -0.39 is 5.97 Å². The summed E-state index contributed by atoms with van der Waals surface area (Å²) in [6.45, 7) is 0. The lowest BCUT2D eigenvalue weighted by Gasteiger charge is -2.05. The van der Waals surface area contributed by atoms with Crippen LogP contribution in [0.15, 0.2) is 24.4 Å². The second-order valence-corrected chi connectivity index (χ2v) is 3.07. The lowest BCUT2D eigenvalue weighted by molar-refractivity contribution is 0.0700. The first-order valence-corrected chi connectivity index (χ1v) is 4.20. The molecule has 0 radical (unpaired) electrons. The number of anilines is 1. The average molecular weight is 204 g/mol. The van der Waals surface area contributed by atoms with Gasteiger partial charge in [0.1, 0.15) is 11.3 Å². The Kier molecular flexibility index (Phi) is 1.93. The average Bonchev–Trinajstić information content (AvgIpc) is 2.17. The van der Waals surface area contributed by atoms with Crippen LogP contribution in [0.3, 0.4) is 0 Å². The Morgan fingerprint density at radius 2 is 2.13 bits per heavy atom. The number of nitrogens with two attached hydrogens (primary N) is 1. The quantitative estimate of drug-likeness (QED) is 0.649. The van der Waals surface area contributed by atoms with Crippen molar-refractivity contribution < 1.29 is 15.0 Å². The SMILES string of the molecule is Nc1cnc2c(O)cccc2c1C(=O)O. The molecule has 1 aromatic carbocycles. The lowest BCUT2D eigenvalue weighted by atomic mass is 10.1. The van der Waals surface area contributed by atoms with Crippen LogP contribution < -0.4 is 5.73 Å². The molecule has 5 nitrogen and oxygen atoms in total. The Bertz CT molecular complexity index is 552. The lowest BCUT2D eigenvalue weighted by Crippen LogP contribution is -2.04. The molecule has 0 aliphatic heterocycles. The van der Waals surface area contributed by atoms with Gasteiger partial charge < -0.3 is 15.9 Å². The van der Waals surface area contributed by atoms with E-state index in [1.54, 1.807) is 12.1 Å². The van der Waals surface area contributed by atoms with Crippen molar-refractivity contribution in [1.82, 2.24) is 4.98 Å². The molecule has 0 fully saturated rings. The maximum atomic E-state index is 11.0. The van der Waals surface area contributed by atoms with Gasteiger partial charge in [-0.3, -0.25) is 4.98 Å². The Hall–Kier alpha value is -2.30. The smallest absolute Gasteiger partial charge is 0.338 e. The van der Waals surface area contributed by atoms with Crippen LogP contribution in [0.5, 0.6) is 5.75 Å². The topological polar surface area (TPSA) is 96.4 Å². The van der Waals surface area contributed by atoms with Crippen LogP contribution in [0.25, 0.3) is 10.9 Å². The number of carboxylic acid groups (broad SMARTS) is 1. The number of nitrogen functional groups attached to an aromatic ring is 1. The van der Waals surface area contributed by atoms with Crippen molar-refractivity contribution in [2.75, 3.05) is 5.73 Å². The summed E-state index contributed by atoms with van der Waals surface area (Å²) in [4.78, 5) is 14.8.